The number of nitrogens with two attached hydrogens (primary N) is 1. The van der Waals surface area contributed by atoms with Crippen LogP contribution in [0.2, 0.25) is 0 Å². The van der Waals surface area contributed by atoms with E-state index < -0.39 is 0 Å². The highest BCUT2D eigenvalue weighted by Crippen LogP contribution is 2.28. The summed E-state index contributed by atoms with van der Waals surface area (Å²) in [6.07, 6.45) is 1.55. The average molecular weight is 422 g/mol. The molecule has 0 atom stereocenters. The summed E-state index contributed by atoms with van der Waals surface area (Å²) in [5.41, 5.74) is 9.57. The van der Waals surface area contributed by atoms with Gasteiger partial charge in [0, 0.05) is 35.1 Å². The van der Waals surface area contributed by atoms with E-state index in [4.69, 9.17) is 10.2 Å². The number of carbonyl (C=O) groups is 1. The number of aliphatic hydroxyl groups is 1. The third-order valence-electron chi connectivity index (χ3n) is 4.62. The zero-order chi connectivity index (χ0) is 22.0. The van der Waals surface area contributed by atoms with Gasteiger partial charge in [-0.1, -0.05) is 24.3 Å². The number of hydrogen-bond donors (Lipinski definition) is 2. The van der Waals surface area contributed by atoms with Crippen LogP contribution in [0, 0.1) is 0 Å². The predicted octanol–water partition coefficient (Wildman–Crippen LogP) is 3.37. The molecular formula is C22H26N6O3. The number of anilines is 1. The van der Waals surface area contributed by atoms with Crippen molar-refractivity contribution in [1.82, 2.24) is 25.1 Å². The van der Waals surface area contributed by atoms with Crippen LogP contribution in [-0.2, 0) is 6.61 Å². The number of nitrogens with zero attached hydrogens (tertiary/aromatic N) is 5. The van der Waals surface area contributed by atoms with Crippen molar-refractivity contribution in [3.8, 4) is 34.3 Å². The molecule has 0 aliphatic carbocycles. The van der Waals surface area contributed by atoms with E-state index >= 15 is 0 Å². The number of aromatic nitrogens is 4. The van der Waals surface area contributed by atoms with Gasteiger partial charge in [0.25, 0.3) is 11.8 Å². The quantitative estimate of drug-likeness (QED) is 0.500. The number of carbonyl (C=O) groups excluding carboxylic acids is 1. The van der Waals surface area contributed by atoms with Crippen LogP contribution in [-0.4, -0.2) is 50.2 Å². The highest BCUT2D eigenvalue weighted by molar-refractivity contribution is 5.94. The number of hydrogen-bond acceptors (Lipinski definition) is 8. The molecule has 0 spiro atoms. The predicted molar refractivity (Wildman–Crippen MR) is 121 cm³/mol. The van der Waals surface area contributed by atoms with Crippen LogP contribution < -0.4 is 5.73 Å². The van der Waals surface area contributed by atoms with Crippen molar-refractivity contribution in [3.05, 3.63) is 65.9 Å². The van der Waals surface area contributed by atoms with Crippen molar-refractivity contribution >= 4 is 11.7 Å². The molecular weight excluding hydrogens is 396 g/mol. The Labute approximate surface area is 182 Å². The molecule has 31 heavy (non-hydrogen) atoms. The van der Waals surface area contributed by atoms with E-state index in [2.05, 4.69) is 20.2 Å². The SMILES string of the molecule is CN(C)C(=O)c1ccc(-c2cnc(N)c(-c3nnc(-c4cccc(CO)c4)o3)n2)cc1.[HH].[HH].[HH]. The van der Waals surface area contributed by atoms with Gasteiger partial charge in [-0.2, -0.15) is 0 Å². The maximum Gasteiger partial charge on any atom is 0.270 e. The fourth-order valence-electron chi connectivity index (χ4n) is 2.97. The van der Waals surface area contributed by atoms with Crippen LogP contribution in [0.25, 0.3) is 34.3 Å². The molecule has 3 N–H and O–H groups in total. The first-order valence-corrected chi connectivity index (χ1v) is 9.45. The molecule has 4 aromatic rings. The van der Waals surface area contributed by atoms with E-state index in [-0.39, 0.29) is 40.1 Å². The van der Waals surface area contributed by atoms with E-state index in [1.54, 1.807) is 68.8 Å². The van der Waals surface area contributed by atoms with Crippen LogP contribution in [0.1, 0.15) is 20.2 Å². The number of amides is 1. The van der Waals surface area contributed by atoms with Crippen molar-refractivity contribution in [1.29, 1.82) is 0 Å². The molecule has 162 valence electrons. The van der Waals surface area contributed by atoms with E-state index in [1.807, 2.05) is 0 Å². The third kappa shape index (κ3) is 4.12. The van der Waals surface area contributed by atoms with Gasteiger partial charge in [0.1, 0.15) is 0 Å². The Hall–Kier alpha value is -4.11. The van der Waals surface area contributed by atoms with Gasteiger partial charge in [-0.15, -0.1) is 10.2 Å². The summed E-state index contributed by atoms with van der Waals surface area (Å²) in [5, 5.41) is 17.4. The number of nitrogen functional groups attached to an aromatic ring is 1. The number of benzene rings is 2. The van der Waals surface area contributed by atoms with Crippen LogP contribution >= 0.6 is 0 Å². The molecule has 4 rings (SSSR count). The van der Waals surface area contributed by atoms with Gasteiger partial charge < -0.3 is 20.2 Å². The second-order valence-corrected chi connectivity index (χ2v) is 7.04. The molecule has 0 saturated carbocycles. The lowest BCUT2D eigenvalue weighted by molar-refractivity contribution is 0.0827. The van der Waals surface area contributed by atoms with Crippen molar-refractivity contribution < 1.29 is 18.6 Å². The molecule has 1 amide bonds. The van der Waals surface area contributed by atoms with Gasteiger partial charge in [0.15, 0.2) is 11.5 Å². The monoisotopic (exact) mass is 422 g/mol. The Morgan fingerprint density at radius 1 is 1.10 bits per heavy atom. The molecule has 2 heterocycles. The fraction of sp³-hybridized carbons (Fsp3) is 0.136. The van der Waals surface area contributed by atoms with Gasteiger partial charge in [0.05, 0.1) is 18.5 Å². The van der Waals surface area contributed by atoms with Gasteiger partial charge in [-0.3, -0.25) is 4.79 Å². The molecule has 9 heteroatoms. The smallest absolute Gasteiger partial charge is 0.270 e. The highest BCUT2D eigenvalue weighted by atomic mass is 16.4. The van der Waals surface area contributed by atoms with Crippen LogP contribution in [0.15, 0.2) is 59.1 Å². The standard InChI is InChI=1S/C22H20N6O3.3H2/c1-28(2)22(30)15-8-6-14(7-9-15)17-11-24-19(23)18(25-17)21-27-26-20(31-21)16-5-3-4-13(10-16)12-29;;;/h3-11,29H,12H2,1-2H3,(H2,23,24);3*1H. The molecule has 0 aliphatic rings. The maximum absolute atomic E-state index is 12.1. The number of rotatable bonds is 5. The fourth-order valence-corrected chi connectivity index (χ4v) is 2.97. The Kier molecular flexibility index (Phi) is 5.42. The second kappa shape index (κ2) is 8.33. The van der Waals surface area contributed by atoms with Gasteiger partial charge in [-0.05, 0) is 29.8 Å². The first-order valence-electron chi connectivity index (χ1n) is 9.45. The molecule has 0 unspecified atom stereocenters. The first kappa shape index (κ1) is 20.2. The van der Waals surface area contributed by atoms with E-state index in [9.17, 15) is 9.90 Å². The molecule has 0 saturated heterocycles. The lowest BCUT2D eigenvalue weighted by atomic mass is 10.1. The normalized spacial score (nSPS) is 10.8. The minimum absolute atomic E-state index is 0. The lowest BCUT2D eigenvalue weighted by Gasteiger charge is -2.10. The molecule has 0 radical (unpaired) electrons. The summed E-state index contributed by atoms with van der Waals surface area (Å²) in [6.45, 7) is -0.0891. The largest absolute Gasteiger partial charge is 0.414 e. The zero-order valence-electron chi connectivity index (χ0n) is 17.0. The molecule has 2 aromatic carbocycles. The molecule has 9 nitrogen and oxygen atoms in total. The van der Waals surface area contributed by atoms with Gasteiger partial charge in [-0.25, -0.2) is 9.97 Å². The Balaban J connectivity index is 0.00000193. The van der Waals surface area contributed by atoms with Gasteiger partial charge >= 0.3 is 0 Å². The van der Waals surface area contributed by atoms with Gasteiger partial charge in [0.2, 0.25) is 5.89 Å². The van der Waals surface area contributed by atoms with Crippen molar-refractivity contribution in [3.63, 3.8) is 0 Å². The Morgan fingerprint density at radius 2 is 1.84 bits per heavy atom. The van der Waals surface area contributed by atoms with E-state index in [1.165, 1.54) is 4.90 Å². The van der Waals surface area contributed by atoms with Crippen molar-refractivity contribution in [2.24, 2.45) is 0 Å². The topological polar surface area (TPSA) is 131 Å². The minimum Gasteiger partial charge on any atom is -0.414 e. The molecule has 0 bridgehead atoms. The van der Waals surface area contributed by atoms with Crippen molar-refractivity contribution in [2.45, 2.75) is 6.61 Å². The van der Waals surface area contributed by atoms with Crippen LogP contribution in [0.3, 0.4) is 0 Å². The third-order valence-corrected chi connectivity index (χ3v) is 4.62. The highest BCUT2D eigenvalue weighted by Gasteiger charge is 2.17. The summed E-state index contributed by atoms with van der Waals surface area (Å²) >= 11 is 0. The second-order valence-electron chi connectivity index (χ2n) is 7.04. The summed E-state index contributed by atoms with van der Waals surface area (Å²) in [7, 11) is 3.40. The summed E-state index contributed by atoms with van der Waals surface area (Å²) in [6, 6.07) is 14.2. The summed E-state index contributed by atoms with van der Waals surface area (Å²) < 4.78 is 5.77. The Bertz CT molecular complexity index is 1250. The Morgan fingerprint density at radius 3 is 2.55 bits per heavy atom. The van der Waals surface area contributed by atoms with E-state index in [0.29, 0.717) is 16.8 Å². The zero-order valence-corrected chi connectivity index (χ0v) is 17.0. The first-order chi connectivity index (χ1) is 15.0. The summed E-state index contributed by atoms with van der Waals surface area (Å²) in [4.78, 5) is 22.3. The minimum atomic E-state index is -0.0891. The lowest BCUT2D eigenvalue weighted by Crippen LogP contribution is -2.21. The number of aliphatic hydroxyl groups excluding tert-OH is 1. The molecule has 2 aromatic heterocycles. The maximum atomic E-state index is 12.1. The summed E-state index contributed by atoms with van der Waals surface area (Å²) in [5.74, 6) is 0.487. The van der Waals surface area contributed by atoms with E-state index in [0.717, 1.165) is 11.1 Å². The molecule has 0 fully saturated rings. The van der Waals surface area contributed by atoms with Crippen LogP contribution in [0.5, 0.6) is 0 Å². The van der Waals surface area contributed by atoms with Crippen LogP contribution in [0.4, 0.5) is 5.82 Å². The van der Waals surface area contributed by atoms with Crippen molar-refractivity contribution in [2.75, 3.05) is 19.8 Å². The molecule has 0 aliphatic heterocycles. The average Bonchev–Trinajstić information content (AvgIpc) is 3.29.